The van der Waals surface area contributed by atoms with Gasteiger partial charge >= 0.3 is 0 Å². The number of aromatic amines is 1. The van der Waals surface area contributed by atoms with Gasteiger partial charge in [-0.25, -0.2) is 23.5 Å². The highest BCUT2D eigenvalue weighted by molar-refractivity contribution is 7.91. The Kier molecular flexibility index (Phi) is 4.95. The predicted molar refractivity (Wildman–Crippen MR) is 117 cm³/mol. The van der Waals surface area contributed by atoms with Crippen LogP contribution in [0.15, 0.2) is 28.5 Å². The molecule has 2 aliphatic rings. The molecule has 1 saturated carbocycles. The summed E-state index contributed by atoms with van der Waals surface area (Å²) < 4.78 is 23.5. The van der Waals surface area contributed by atoms with Gasteiger partial charge in [0.05, 0.1) is 4.88 Å². The van der Waals surface area contributed by atoms with E-state index in [1.54, 1.807) is 6.07 Å². The summed E-state index contributed by atoms with van der Waals surface area (Å²) in [6, 6.07) is 7.14. The highest BCUT2D eigenvalue weighted by Gasteiger charge is 2.25. The van der Waals surface area contributed by atoms with Crippen molar-refractivity contribution in [1.29, 1.82) is 0 Å². The Labute approximate surface area is 178 Å². The van der Waals surface area contributed by atoms with Crippen LogP contribution in [0.3, 0.4) is 0 Å². The lowest BCUT2D eigenvalue weighted by molar-refractivity contribution is 0.573. The molecule has 4 N–H and O–H groups in total. The van der Waals surface area contributed by atoms with Crippen LogP contribution in [0.4, 0.5) is 17.5 Å². The molecule has 5 rings (SSSR count). The zero-order valence-corrected chi connectivity index (χ0v) is 18.0. The standard InChI is InChI=1S/C19H23N7O2S2/c20-30(27,28)18-7-6-14(29-18)19-22-15(11-17(23-19)26-8-2-1-3-9-26)21-16-10-13(24-25-16)12-4-5-12/h6-7,10-12H,1-5,8-9H2,(H2,20,27,28)(H2,21,22,23,24,25). The van der Waals surface area contributed by atoms with Gasteiger partial charge in [-0.1, -0.05) is 0 Å². The van der Waals surface area contributed by atoms with Crippen LogP contribution < -0.4 is 15.4 Å². The van der Waals surface area contributed by atoms with Crippen molar-refractivity contribution in [1.82, 2.24) is 20.2 Å². The molecule has 1 aliphatic heterocycles. The molecule has 9 nitrogen and oxygen atoms in total. The molecular formula is C19H23N7O2S2. The molecule has 3 aromatic heterocycles. The van der Waals surface area contributed by atoms with Crippen molar-refractivity contribution in [3.8, 4) is 10.7 Å². The highest BCUT2D eigenvalue weighted by Crippen LogP contribution is 2.40. The zero-order chi connectivity index (χ0) is 20.7. The van der Waals surface area contributed by atoms with E-state index < -0.39 is 10.0 Å². The Hall–Kier alpha value is -2.50. The van der Waals surface area contributed by atoms with Gasteiger partial charge in [0.1, 0.15) is 15.8 Å². The molecular weight excluding hydrogens is 422 g/mol. The Morgan fingerprint density at radius 1 is 1.10 bits per heavy atom. The van der Waals surface area contributed by atoms with Gasteiger partial charge in [0.2, 0.25) is 10.0 Å². The number of primary sulfonamides is 1. The Morgan fingerprint density at radius 2 is 1.90 bits per heavy atom. The van der Waals surface area contributed by atoms with Crippen molar-refractivity contribution in [2.24, 2.45) is 5.14 Å². The van der Waals surface area contributed by atoms with Gasteiger partial charge in [0, 0.05) is 36.8 Å². The summed E-state index contributed by atoms with van der Waals surface area (Å²) in [6.45, 7) is 1.88. The van der Waals surface area contributed by atoms with Gasteiger partial charge in [-0.15, -0.1) is 11.3 Å². The molecule has 30 heavy (non-hydrogen) atoms. The van der Waals surface area contributed by atoms with Crippen LogP contribution in [-0.4, -0.2) is 41.7 Å². The van der Waals surface area contributed by atoms with Crippen molar-refractivity contribution < 1.29 is 8.42 Å². The number of nitrogens with zero attached hydrogens (tertiary/aromatic N) is 4. The maximum absolute atomic E-state index is 11.7. The number of sulfonamides is 1. The molecule has 0 bridgehead atoms. The second-order valence-corrected chi connectivity index (χ2v) is 10.6. The third-order valence-electron chi connectivity index (χ3n) is 5.35. The van der Waals surface area contributed by atoms with Crippen molar-refractivity contribution in [2.75, 3.05) is 23.3 Å². The molecule has 158 valence electrons. The molecule has 3 aromatic rings. The minimum absolute atomic E-state index is 0.0976. The third-order valence-corrected chi connectivity index (χ3v) is 7.87. The second kappa shape index (κ2) is 7.64. The van der Waals surface area contributed by atoms with E-state index in [0.717, 1.165) is 48.8 Å². The van der Waals surface area contributed by atoms with Crippen molar-refractivity contribution in [3.63, 3.8) is 0 Å². The quantitative estimate of drug-likeness (QED) is 0.531. The number of nitrogens with two attached hydrogens (primary N) is 1. The summed E-state index contributed by atoms with van der Waals surface area (Å²) in [5.74, 6) is 3.22. The van der Waals surface area contributed by atoms with Crippen LogP contribution in [0.1, 0.15) is 43.7 Å². The molecule has 2 fully saturated rings. The first-order valence-corrected chi connectivity index (χ1v) is 12.4. The van der Waals surface area contributed by atoms with E-state index in [9.17, 15) is 8.42 Å². The maximum Gasteiger partial charge on any atom is 0.247 e. The maximum atomic E-state index is 11.7. The molecule has 0 unspecified atom stereocenters. The van der Waals surface area contributed by atoms with Crippen molar-refractivity contribution in [3.05, 3.63) is 30.0 Å². The first kappa shape index (κ1) is 19.5. The van der Waals surface area contributed by atoms with Crippen LogP contribution in [0.2, 0.25) is 0 Å². The molecule has 4 heterocycles. The predicted octanol–water partition coefficient (Wildman–Crippen LogP) is 3.19. The Morgan fingerprint density at radius 3 is 2.60 bits per heavy atom. The normalized spacial score (nSPS) is 17.3. The van der Waals surface area contributed by atoms with Crippen molar-refractivity contribution in [2.45, 2.75) is 42.2 Å². The van der Waals surface area contributed by atoms with E-state index >= 15 is 0 Å². The number of aromatic nitrogens is 4. The summed E-state index contributed by atoms with van der Waals surface area (Å²) in [7, 11) is -3.76. The van der Waals surface area contributed by atoms with E-state index in [-0.39, 0.29) is 4.21 Å². The topological polar surface area (TPSA) is 130 Å². The van der Waals surface area contributed by atoms with Crippen LogP contribution in [0.5, 0.6) is 0 Å². The van der Waals surface area contributed by atoms with Crippen molar-refractivity contribution >= 4 is 38.8 Å². The molecule has 0 radical (unpaired) electrons. The molecule has 11 heteroatoms. The summed E-state index contributed by atoms with van der Waals surface area (Å²) in [5.41, 5.74) is 1.14. The van der Waals surface area contributed by atoms with Gasteiger partial charge in [0.25, 0.3) is 0 Å². The largest absolute Gasteiger partial charge is 0.356 e. The van der Waals surface area contributed by atoms with Gasteiger partial charge < -0.3 is 10.2 Å². The second-order valence-electron chi connectivity index (χ2n) is 7.75. The van der Waals surface area contributed by atoms with Gasteiger partial charge in [-0.05, 0) is 44.2 Å². The monoisotopic (exact) mass is 445 g/mol. The van der Waals surface area contributed by atoms with Gasteiger partial charge in [-0.3, -0.25) is 5.10 Å². The number of piperidine rings is 1. The number of hydrogen-bond donors (Lipinski definition) is 3. The van der Waals surface area contributed by atoms with Crippen LogP contribution in [0.25, 0.3) is 10.7 Å². The average molecular weight is 446 g/mol. The lowest BCUT2D eigenvalue weighted by Crippen LogP contribution is -2.30. The first-order valence-electron chi connectivity index (χ1n) is 10.0. The lowest BCUT2D eigenvalue weighted by Gasteiger charge is -2.28. The summed E-state index contributed by atoms with van der Waals surface area (Å²) >= 11 is 1.07. The Bertz CT molecular complexity index is 1160. The fourth-order valence-corrected chi connectivity index (χ4v) is 5.29. The molecule has 1 aliphatic carbocycles. The fraction of sp³-hybridized carbons (Fsp3) is 0.421. The summed E-state index contributed by atoms with van der Waals surface area (Å²) in [4.78, 5) is 12.3. The summed E-state index contributed by atoms with van der Waals surface area (Å²) in [6.07, 6.45) is 5.87. The fourth-order valence-electron chi connectivity index (χ4n) is 3.62. The van der Waals surface area contributed by atoms with Gasteiger partial charge in [0.15, 0.2) is 11.6 Å². The Balaban J connectivity index is 1.50. The molecule has 0 amide bonds. The lowest BCUT2D eigenvalue weighted by atomic mass is 10.1. The molecule has 0 spiro atoms. The van der Waals surface area contributed by atoms with E-state index in [1.807, 2.05) is 12.1 Å². The number of hydrogen-bond acceptors (Lipinski definition) is 8. The number of H-pyrrole nitrogens is 1. The number of anilines is 3. The average Bonchev–Trinajstić information content (AvgIpc) is 3.25. The number of nitrogens with one attached hydrogen (secondary N) is 2. The minimum atomic E-state index is -3.76. The van der Waals surface area contributed by atoms with Crippen LogP contribution >= 0.6 is 11.3 Å². The van der Waals surface area contributed by atoms with E-state index in [2.05, 4.69) is 25.4 Å². The van der Waals surface area contributed by atoms with Gasteiger partial charge in [-0.2, -0.15) is 5.10 Å². The van der Waals surface area contributed by atoms with E-state index in [0.29, 0.717) is 28.3 Å². The molecule has 0 aromatic carbocycles. The number of rotatable bonds is 6. The highest BCUT2D eigenvalue weighted by atomic mass is 32.2. The summed E-state index contributed by atoms with van der Waals surface area (Å²) in [5, 5.41) is 16.0. The minimum Gasteiger partial charge on any atom is -0.356 e. The molecule has 0 atom stereocenters. The van der Waals surface area contributed by atoms with Crippen LogP contribution in [-0.2, 0) is 10.0 Å². The first-order chi connectivity index (χ1) is 14.5. The van der Waals surface area contributed by atoms with E-state index in [1.165, 1.54) is 25.3 Å². The van der Waals surface area contributed by atoms with E-state index in [4.69, 9.17) is 10.1 Å². The SMILES string of the molecule is NS(=O)(=O)c1ccc(-c2nc(Nc3cc(C4CC4)[nH]n3)cc(N3CCCCC3)n2)s1. The smallest absolute Gasteiger partial charge is 0.247 e. The number of thiophene rings is 1. The molecule has 1 saturated heterocycles. The van der Waals surface area contributed by atoms with Crippen LogP contribution in [0, 0.1) is 0 Å². The third kappa shape index (κ3) is 4.18. The zero-order valence-electron chi connectivity index (χ0n) is 16.3.